The van der Waals surface area contributed by atoms with Crippen molar-refractivity contribution in [1.29, 1.82) is 0 Å². The minimum Gasteiger partial charge on any atom is -0.361 e. The van der Waals surface area contributed by atoms with Crippen molar-refractivity contribution >= 4 is 28.4 Å². The second kappa shape index (κ2) is 7.83. The van der Waals surface area contributed by atoms with Crippen LogP contribution in [0.15, 0.2) is 24.4 Å². The van der Waals surface area contributed by atoms with E-state index in [0.29, 0.717) is 23.2 Å². The molecule has 3 N–H and O–H groups in total. The molecule has 1 aliphatic rings. The van der Waals surface area contributed by atoms with Crippen molar-refractivity contribution < 1.29 is 22.8 Å². The molecule has 1 saturated heterocycles. The molecule has 2 heterocycles. The summed E-state index contributed by atoms with van der Waals surface area (Å²) in [5, 5.41) is 4.85. The molecule has 0 saturated carbocycles. The summed E-state index contributed by atoms with van der Waals surface area (Å²) in [5.74, 6) is -0.791. The van der Waals surface area contributed by atoms with Crippen LogP contribution in [-0.2, 0) is 16.0 Å². The first-order valence-electron chi connectivity index (χ1n) is 9.16. The zero-order chi connectivity index (χ0) is 20.5. The van der Waals surface area contributed by atoms with Gasteiger partial charge in [-0.3, -0.25) is 9.59 Å². The van der Waals surface area contributed by atoms with Crippen molar-refractivity contribution in [3.63, 3.8) is 0 Å². The molecule has 3 rings (SSSR count). The van der Waals surface area contributed by atoms with Gasteiger partial charge in [-0.2, -0.15) is 13.2 Å². The quantitative estimate of drug-likeness (QED) is 0.680. The lowest BCUT2D eigenvalue weighted by atomic mass is 10.0. The number of carbonyl (C=O) groups excluding carboxylic acids is 2. The molecule has 152 valence electrons. The van der Waals surface area contributed by atoms with Gasteiger partial charge >= 0.3 is 6.30 Å². The fourth-order valence-corrected chi connectivity index (χ4v) is 3.71. The first kappa shape index (κ1) is 20.2. The maximum Gasteiger partial charge on any atom is 0.457 e. The predicted octanol–water partition coefficient (Wildman–Crippen LogP) is 3.16. The van der Waals surface area contributed by atoms with Crippen molar-refractivity contribution in [2.45, 2.75) is 51.5 Å². The van der Waals surface area contributed by atoms with Crippen LogP contribution in [0.25, 0.3) is 10.9 Å². The first-order valence-corrected chi connectivity index (χ1v) is 9.16. The van der Waals surface area contributed by atoms with Gasteiger partial charge in [0.2, 0.25) is 11.8 Å². The molecule has 28 heavy (non-hydrogen) atoms. The lowest BCUT2D eigenvalue weighted by molar-refractivity contribution is -0.172. The van der Waals surface area contributed by atoms with E-state index in [2.05, 4.69) is 10.3 Å². The highest BCUT2D eigenvalue weighted by atomic mass is 19.4. The number of aromatic amines is 1. The van der Waals surface area contributed by atoms with Crippen LogP contribution in [0, 0.1) is 0 Å². The Labute approximate surface area is 160 Å². The number of anilines is 1. The van der Waals surface area contributed by atoms with E-state index in [1.54, 1.807) is 24.4 Å². The van der Waals surface area contributed by atoms with Crippen LogP contribution in [0.2, 0.25) is 0 Å². The molecule has 1 fully saturated rings. The summed E-state index contributed by atoms with van der Waals surface area (Å²) in [6.07, 6.45) is -1.60. The Morgan fingerprint density at radius 2 is 2.11 bits per heavy atom. The standard InChI is InChI=1S/C19H23F3N4O2/c1-11-4-3-7-26(11)18(28)17(25-19(20,21)22)8-13-10-23-16-6-5-14(9-15(13)16)24-12(2)27/h5-6,9-11,17,23,25H,3-4,7-8H2,1-2H3,(H,24,27)/t11-,17+/m1/s1. The highest BCUT2D eigenvalue weighted by Gasteiger charge is 2.38. The number of alkyl halides is 3. The number of hydrogen-bond acceptors (Lipinski definition) is 3. The fourth-order valence-electron chi connectivity index (χ4n) is 3.71. The number of nitrogens with one attached hydrogen (secondary N) is 3. The molecular weight excluding hydrogens is 373 g/mol. The van der Waals surface area contributed by atoms with Gasteiger partial charge in [0.15, 0.2) is 0 Å². The number of likely N-dealkylation sites (tertiary alicyclic amines) is 1. The smallest absolute Gasteiger partial charge is 0.361 e. The van der Waals surface area contributed by atoms with Gasteiger partial charge in [0.05, 0.1) is 6.04 Å². The van der Waals surface area contributed by atoms with Gasteiger partial charge in [-0.25, -0.2) is 5.32 Å². The number of halogens is 3. The highest BCUT2D eigenvalue weighted by Crippen LogP contribution is 2.26. The van der Waals surface area contributed by atoms with Crippen molar-refractivity contribution in [1.82, 2.24) is 15.2 Å². The highest BCUT2D eigenvalue weighted by molar-refractivity contribution is 5.94. The lowest BCUT2D eigenvalue weighted by Crippen LogP contribution is -2.53. The topological polar surface area (TPSA) is 77.2 Å². The molecule has 0 spiro atoms. The zero-order valence-corrected chi connectivity index (χ0v) is 15.7. The molecule has 6 nitrogen and oxygen atoms in total. The monoisotopic (exact) mass is 396 g/mol. The number of aromatic nitrogens is 1. The number of benzene rings is 1. The van der Waals surface area contributed by atoms with Crippen LogP contribution < -0.4 is 10.6 Å². The van der Waals surface area contributed by atoms with Crippen LogP contribution in [0.4, 0.5) is 18.9 Å². The Kier molecular flexibility index (Phi) is 5.64. The number of amides is 2. The van der Waals surface area contributed by atoms with Gasteiger partial charge in [0.1, 0.15) is 0 Å². The van der Waals surface area contributed by atoms with Crippen LogP contribution in [0.5, 0.6) is 0 Å². The second-order valence-electron chi connectivity index (χ2n) is 7.18. The Bertz CT molecular complexity index is 878. The Morgan fingerprint density at radius 1 is 1.36 bits per heavy atom. The van der Waals surface area contributed by atoms with Gasteiger partial charge in [-0.05, 0) is 49.9 Å². The van der Waals surface area contributed by atoms with E-state index in [0.717, 1.165) is 18.4 Å². The van der Waals surface area contributed by atoms with Crippen molar-refractivity contribution in [3.8, 4) is 0 Å². The normalized spacial score (nSPS) is 18.5. The average Bonchev–Trinajstić information content (AvgIpc) is 3.18. The van der Waals surface area contributed by atoms with Crippen molar-refractivity contribution in [2.24, 2.45) is 0 Å². The Balaban J connectivity index is 1.89. The van der Waals surface area contributed by atoms with E-state index in [4.69, 9.17) is 0 Å². The predicted molar refractivity (Wildman–Crippen MR) is 99.7 cm³/mol. The van der Waals surface area contributed by atoms with E-state index < -0.39 is 18.2 Å². The summed E-state index contributed by atoms with van der Waals surface area (Å²) >= 11 is 0. The molecule has 1 aromatic carbocycles. The minimum atomic E-state index is -4.67. The van der Waals surface area contributed by atoms with Crippen LogP contribution >= 0.6 is 0 Å². The number of hydrogen-bond donors (Lipinski definition) is 3. The minimum absolute atomic E-state index is 0.0700. The van der Waals surface area contributed by atoms with Gasteiger partial charge in [0, 0.05) is 42.3 Å². The molecule has 9 heteroatoms. The summed E-state index contributed by atoms with van der Waals surface area (Å²) < 4.78 is 39.2. The van der Waals surface area contributed by atoms with E-state index in [1.165, 1.54) is 17.1 Å². The molecule has 0 unspecified atom stereocenters. The average molecular weight is 396 g/mol. The summed E-state index contributed by atoms with van der Waals surface area (Å²) in [7, 11) is 0. The molecule has 0 bridgehead atoms. The summed E-state index contributed by atoms with van der Waals surface area (Å²) in [6, 6.07) is 3.65. The third kappa shape index (κ3) is 4.64. The molecule has 0 radical (unpaired) electrons. The number of rotatable bonds is 5. The fraction of sp³-hybridized carbons (Fsp3) is 0.474. The Hall–Kier alpha value is -2.55. The Morgan fingerprint density at radius 3 is 2.71 bits per heavy atom. The lowest BCUT2D eigenvalue weighted by Gasteiger charge is -2.28. The third-order valence-electron chi connectivity index (χ3n) is 4.98. The number of fused-ring (bicyclic) bond motifs is 1. The van der Waals surface area contributed by atoms with Crippen molar-refractivity contribution in [2.75, 3.05) is 11.9 Å². The van der Waals surface area contributed by atoms with Crippen molar-refractivity contribution in [3.05, 3.63) is 30.0 Å². The number of carbonyl (C=O) groups is 2. The summed E-state index contributed by atoms with van der Waals surface area (Å²) in [5.41, 5.74) is 1.83. The van der Waals surface area contributed by atoms with E-state index in [-0.39, 0.29) is 18.4 Å². The third-order valence-corrected chi connectivity index (χ3v) is 4.98. The maximum atomic E-state index is 13.1. The van der Waals surface area contributed by atoms with Gasteiger partial charge in [0.25, 0.3) is 0 Å². The number of H-pyrrole nitrogens is 1. The van der Waals surface area contributed by atoms with E-state index in [9.17, 15) is 22.8 Å². The molecule has 2 atom stereocenters. The van der Waals surface area contributed by atoms with Gasteiger partial charge in [-0.1, -0.05) is 0 Å². The second-order valence-corrected chi connectivity index (χ2v) is 7.18. The molecular formula is C19H23F3N4O2. The summed E-state index contributed by atoms with van der Waals surface area (Å²) in [6.45, 7) is 3.69. The van der Waals surface area contributed by atoms with E-state index >= 15 is 0 Å². The maximum absolute atomic E-state index is 13.1. The molecule has 2 amide bonds. The van der Waals surface area contributed by atoms with Crippen LogP contribution in [-0.4, -0.2) is 46.6 Å². The number of nitrogens with zero attached hydrogens (tertiary/aromatic N) is 1. The SMILES string of the molecule is CC(=O)Nc1ccc2[nH]cc(C[C@H](NC(F)(F)F)C(=O)N3CCC[C@H]3C)c2c1. The largest absolute Gasteiger partial charge is 0.457 e. The molecule has 1 aliphatic heterocycles. The molecule has 0 aliphatic carbocycles. The zero-order valence-electron chi connectivity index (χ0n) is 15.7. The van der Waals surface area contributed by atoms with E-state index in [1.807, 2.05) is 6.92 Å². The summed E-state index contributed by atoms with van der Waals surface area (Å²) in [4.78, 5) is 28.6. The van der Waals surface area contributed by atoms with Crippen LogP contribution in [0.1, 0.15) is 32.3 Å². The first-order chi connectivity index (χ1) is 13.1. The van der Waals surface area contributed by atoms with Gasteiger partial charge < -0.3 is 15.2 Å². The van der Waals surface area contributed by atoms with Crippen LogP contribution in [0.3, 0.4) is 0 Å². The molecule has 2 aromatic rings. The molecule has 1 aromatic heterocycles. The van der Waals surface area contributed by atoms with Gasteiger partial charge in [-0.15, -0.1) is 0 Å².